The van der Waals surface area contributed by atoms with Gasteiger partial charge in [-0.05, 0) is 67.4 Å². The highest BCUT2D eigenvalue weighted by atomic mass is 35.5. The zero-order chi connectivity index (χ0) is 19.9. The van der Waals surface area contributed by atoms with Crippen LogP contribution in [0.1, 0.15) is 22.3 Å². The van der Waals surface area contributed by atoms with Gasteiger partial charge in [-0.1, -0.05) is 103 Å². The number of rotatable bonds is 0. The number of halogens is 1. The summed E-state index contributed by atoms with van der Waals surface area (Å²) in [5, 5.41) is 3.38. The molecule has 1 unspecified atom stereocenters. The molecule has 0 N–H and O–H groups in total. The maximum atomic E-state index is 6.46. The zero-order valence-corrected chi connectivity index (χ0v) is 16.9. The van der Waals surface area contributed by atoms with Gasteiger partial charge in [0.25, 0.3) is 0 Å². The van der Waals surface area contributed by atoms with Crippen LogP contribution >= 0.6 is 11.6 Å². The van der Waals surface area contributed by atoms with Crippen molar-refractivity contribution in [1.29, 1.82) is 0 Å². The molecule has 0 radical (unpaired) electrons. The molecule has 30 heavy (non-hydrogen) atoms. The molecule has 0 saturated heterocycles. The first-order valence-corrected chi connectivity index (χ1v) is 10.7. The van der Waals surface area contributed by atoms with Crippen molar-refractivity contribution in [2.24, 2.45) is 0 Å². The zero-order valence-electron chi connectivity index (χ0n) is 16.2. The molecule has 140 valence electrons. The molecule has 5 aromatic carbocycles. The van der Waals surface area contributed by atoms with Crippen molar-refractivity contribution in [2.75, 3.05) is 0 Å². The van der Waals surface area contributed by atoms with E-state index in [2.05, 4.69) is 97.1 Å². The van der Waals surface area contributed by atoms with Crippen molar-refractivity contribution in [3.05, 3.63) is 130 Å². The average molecular weight is 401 g/mol. The van der Waals surface area contributed by atoms with Crippen LogP contribution in [-0.2, 0) is 5.41 Å². The molecule has 7 rings (SSSR count). The fraction of sp³-hybridized carbons (Fsp3) is 0.0345. The molecule has 1 heteroatoms. The van der Waals surface area contributed by atoms with Gasteiger partial charge in [-0.25, -0.2) is 0 Å². The average Bonchev–Trinajstić information content (AvgIpc) is 3.26. The summed E-state index contributed by atoms with van der Waals surface area (Å²) < 4.78 is 0. The minimum absolute atomic E-state index is 0.299. The van der Waals surface area contributed by atoms with Gasteiger partial charge in [0, 0.05) is 5.02 Å². The minimum atomic E-state index is -0.299. The lowest BCUT2D eigenvalue weighted by atomic mass is 9.70. The standard InChI is InChI=1S/C29H17Cl/c30-19-14-16-26-23(17-19)21-9-3-5-11-24(21)29(26)25-12-6-4-10-22(25)28-20-8-2-1-7-18(20)13-15-27(28)29/h1-17H. The Bertz CT molecular complexity index is 1510. The van der Waals surface area contributed by atoms with Crippen molar-refractivity contribution in [3.8, 4) is 22.3 Å². The molecule has 5 aromatic rings. The van der Waals surface area contributed by atoms with E-state index in [1.165, 1.54) is 55.3 Å². The molecule has 0 aliphatic heterocycles. The van der Waals surface area contributed by atoms with E-state index < -0.39 is 0 Å². The Hall–Kier alpha value is -3.35. The Balaban J connectivity index is 1.74. The molecular formula is C29H17Cl. The summed E-state index contributed by atoms with van der Waals surface area (Å²) in [5.74, 6) is 0. The van der Waals surface area contributed by atoms with Crippen LogP contribution in [0.15, 0.2) is 103 Å². The second kappa shape index (κ2) is 5.62. The Morgan fingerprint density at radius 1 is 0.500 bits per heavy atom. The third-order valence-corrected chi connectivity index (χ3v) is 7.18. The van der Waals surface area contributed by atoms with Gasteiger partial charge >= 0.3 is 0 Å². The van der Waals surface area contributed by atoms with Gasteiger partial charge in [-0.15, -0.1) is 0 Å². The van der Waals surface area contributed by atoms with E-state index in [9.17, 15) is 0 Å². The summed E-state index contributed by atoms with van der Waals surface area (Å²) in [6, 6.07) is 37.5. The van der Waals surface area contributed by atoms with Crippen molar-refractivity contribution >= 4 is 22.4 Å². The Morgan fingerprint density at radius 3 is 2.00 bits per heavy atom. The maximum absolute atomic E-state index is 6.46. The Labute approximate surface area is 180 Å². The van der Waals surface area contributed by atoms with Crippen LogP contribution in [0.3, 0.4) is 0 Å². The van der Waals surface area contributed by atoms with Crippen LogP contribution in [0.4, 0.5) is 0 Å². The molecule has 2 aliphatic carbocycles. The first-order valence-electron chi connectivity index (χ1n) is 10.3. The predicted octanol–water partition coefficient (Wildman–Crippen LogP) is 7.84. The molecule has 1 spiro atoms. The summed E-state index contributed by atoms with van der Waals surface area (Å²) in [7, 11) is 0. The molecule has 0 aromatic heterocycles. The van der Waals surface area contributed by atoms with Gasteiger partial charge in [0.1, 0.15) is 0 Å². The highest BCUT2D eigenvalue weighted by Crippen LogP contribution is 2.63. The van der Waals surface area contributed by atoms with Crippen molar-refractivity contribution in [2.45, 2.75) is 5.41 Å². The van der Waals surface area contributed by atoms with E-state index in [0.717, 1.165) is 5.02 Å². The van der Waals surface area contributed by atoms with Gasteiger partial charge in [-0.2, -0.15) is 0 Å². The van der Waals surface area contributed by atoms with Crippen LogP contribution in [-0.4, -0.2) is 0 Å². The fourth-order valence-corrected chi connectivity index (χ4v) is 6.06. The molecule has 1 atom stereocenters. The maximum Gasteiger partial charge on any atom is 0.0725 e. The summed E-state index contributed by atoms with van der Waals surface area (Å²) in [4.78, 5) is 0. The molecule has 0 bridgehead atoms. The van der Waals surface area contributed by atoms with Gasteiger partial charge in [0.05, 0.1) is 5.41 Å². The third kappa shape index (κ3) is 1.79. The van der Waals surface area contributed by atoms with Crippen molar-refractivity contribution < 1.29 is 0 Å². The predicted molar refractivity (Wildman–Crippen MR) is 125 cm³/mol. The number of fused-ring (bicyclic) bond motifs is 12. The van der Waals surface area contributed by atoms with Crippen LogP contribution in [0.2, 0.25) is 5.02 Å². The fourth-order valence-electron chi connectivity index (χ4n) is 5.88. The molecule has 2 aliphatic rings. The first-order chi connectivity index (χ1) is 14.8. The highest BCUT2D eigenvalue weighted by molar-refractivity contribution is 6.31. The highest BCUT2D eigenvalue weighted by Gasteiger charge is 2.51. The normalized spacial score (nSPS) is 17.6. The number of benzene rings is 5. The third-order valence-electron chi connectivity index (χ3n) is 6.94. The topological polar surface area (TPSA) is 0 Å². The Morgan fingerprint density at radius 2 is 1.13 bits per heavy atom. The van der Waals surface area contributed by atoms with Gasteiger partial charge < -0.3 is 0 Å². The number of hydrogen-bond donors (Lipinski definition) is 0. The second-order valence-electron chi connectivity index (χ2n) is 8.24. The van der Waals surface area contributed by atoms with E-state index >= 15 is 0 Å². The van der Waals surface area contributed by atoms with Crippen LogP contribution in [0.5, 0.6) is 0 Å². The van der Waals surface area contributed by atoms with E-state index in [0.29, 0.717) is 0 Å². The van der Waals surface area contributed by atoms with Crippen LogP contribution < -0.4 is 0 Å². The molecular weight excluding hydrogens is 384 g/mol. The quantitative estimate of drug-likeness (QED) is 0.243. The number of hydrogen-bond acceptors (Lipinski definition) is 0. The largest absolute Gasteiger partial charge is 0.0843 e. The minimum Gasteiger partial charge on any atom is -0.0843 e. The molecule has 0 fully saturated rings. The van der Waals surface area contributed by atoms with Crippen molar-refractivity contribution in [1.82, 2.24) is 0 Å². The molecule has 0 amide bonds. The molecule has 0 saturated carbocycles. The van der Waals surface area contributed by atoms with Gasteiger partial charge in [-0.3, -0.25) is 0 Å². The Kier molecular flexibility index (Phi) is 3.08. The molecule has 0 heterocycles. The smallest absolute Gasteiger partial charge is 0.0725 e. The molecule has 0 nitrogen and oxygen atoms in total. The van der Waals surface area contributed by atoms with E-state index in [1.54, 1.807) is 0 Å². The van der Waals surface area contributed by atoms with Crippen molar-refractivity contribution in [3.63, 3.8) is 0 Å². The second-order valence-corrected chi connectivity index (χ2v) is 8.68. The van der Waals surface area contributed by atoms with E-state index in [4.69, 9.17) is 11.6 Å². The lowest BCUT2D eigenvalue weighted by molar-refractivity contribution is 0.794. The van der Waals surface area contributed by atoms with Crippen LogP contribution in [0, 0.1) is 0 Å². The monoisotopic (exact) mass is 400 g/mol. The van der Waals surface area contributed by atoms with E-state index in [-0.39, 0.29) is 5.41 Å². The first kappa shape index (κ1) is 16.4. The lowest BCUT2D eigenvalue weighted by Crippen LogP contribution is -2.25. The van der Waals surface area contributed by atoms with Crippen LogP contribution in [0.25, 0.3) is 33.0 Å². The summed E-state index contributed by atoms with van der Waals surface area (Å²) >= 11 is 6.46. The lowest BCUT2D eigenvalue weighted by Gasteiger charge is -2.30. The summed E-state index contributed by atoms with van der Waals surface area (Å²) in [6.07, 6.45) is 0. The van der Waals surface area contributed by atoms with E-state index in [1.807, 2.05) is 6.07 Å². The summed E-state index contributed by atoms with van der Waals surface area (Å²) in [5.41, 5.74) is 10.3. The summed E-state index contributed by atoms with van der Waals surface area (Å²) in [6.45, 7) is 0. The van der Waals surface area contributed by atoms with Gasteiger partial charge in [0.15, 0.2) is 0 Å². The van der Waals surface area contributed by atoms with Gasteiger partial charge in [0.2, 0.25) is 0 Å². The SMILES string of the molecule is Clc1ccc2c(c1)-c1ccccc1C21c2ccccc2-c2c1ccc1ccccc21.